The van der Waals surface area contributed by atoms with Crippen LogP contribution >= 0.6 is 0 Å². The number of nitrogens with zero attached hydrogens (tertiary/aromatic N) is 1. The first kappa shape index (κ1) is 13.6. The Morgan fingerprint density at radius 2 is 2.16 bits per heavy atom. The van der Waals surface area contributed by atoms with E-state index >= 15 is 0 Å². The molecule has 0 radical (unpaired) electrons. The number of nitriles is 1. The maximum atomic E-state index is 11.8. The number of rotatable bonds is 3. The molecule has 3 atom stereocenters. The maximum absolute atomic E-state index is 11.8. The quantitative estimate of drug-likeness (QED) is 0.782. The lowest BCUT2D eigenvalue weighted by atomic mass is 10.0. The lowest BCUT2D eigenvalue weighted by Crippen LogP contribution is -2.19. The van der Waals surface area contributed by atoms with Gasteiger partial charge in [-0.1, -0.05) is 24.6 Å². The average molecular weight is 259 g/mol. The highest BCUT2D eigenvalue weighted by atomic mass is 16.6. The SMILES string of the molecule is Cc1ccc(C(=O)OC[C@@H]2CC(C)[C@H](C#N)O2)cc1. The van der Waals surface area contributed by atoms with Gasteiger partial charge in [-0.3, -0.25) is 0 Å². The zero-order chi connectivity index (χ0) is 13.8. The van der Waals surface area contributed by atoms with Crippen molar-refractivity contribution in [2.45, 2.75) is 32.5 Å². The van der Waals surface area contributed by atoms with Gasteiger partial charge in [0, 0.05) is 0 Å². The maximum Gasteiger partial charge on any atom is 0.338 e. The predicted octanol–water partition coefficient (Wildman–Crippen LogP) is 2.47. The van der Waals surface area contributed by atoms with Crippen LogP contribution in [0.4, 0.5) is 0 Å². The van der Waals surface area contributed by atoms with Crippen LogP contribution in [0.5, 0.6) is 0 Å². The Balaban J connectivity index is 1.85. The largest absolute Gasteiger partial charge is 0.459 e. The number of esters is 1. The predicted molar refractivity (Wildman–Crippen MR) is 69.5 cm³/mol. The molecule has 4 heteroatoms. The molecule has 1 fully saturated rings. The van der Waals surface area contributed by atoms with Crippen LogP contribution in [-0.2, 0) is 9.47 Å². The molecule has 100 valence electrons. The highest BCUT2D eigenvalue weighted by Gasteiger charge is 2.32. The van der Waals surface area contributed by atoms with Gasteiger partial charge >= 0.3 is 5.97 Å². The molecule has 0 aromatic heterocycles. The average Bonchev–Trinajstić information content (AvgIpc) is 2.77. The summed E-state index contributed by atoms with van der Waals surface area (Å²) in [5.41, 5.74) is 1.63. The minimum Gasteiger partial charge on any atom is -0.459 e. The zero-order valence-corrected chi connectivity index (χ0v) is 11.1. The van der Waals surface area contributed by atoms with Crippen molar-refractivity contribution >= 4 is 5.97 Å². The van der Waals surface area contributed by atoms with Gasteiger partial charge in [0.15, 0.2) is 0 Å². The number of hydrogen-bond acceptors (Lipinski definition) is 4. The molecule has 4 nitrogen and oxygen atoms in total. The number of ether oxygens (including phenoxy) is 2. The fraction of sp³-hybridized carbons (Fsp3) is 0.467. The molecule has 0 amide bonds. The highest BCUT2D eigenvalue weighted by Crippen LogP contribution is 2.25. The van der Waals surface area contributed by atoms with Crippen molar-refractivity contribution in [3.8, 4) is 6.07 Å². The van der Waals surface area contributed by atoms with Crippen LogP contribution in [0.25, 0.3) is 0 Å². The number of hydrogen-bond donors (Lipinski definition) is 0. The van der Waals surface area contributed by atoms with Crippen LogP contribution in [0.15, 0.2) is 24.3 Å². The molecule has 19 heavy (non-hydrogen) atoms. The number of aryl methyl sites for hydroxylation is 1. The standard InChI is InChI=1S/C15H17NO3/c1-10-3-5-12(6-4-10)15(17)18-9-13-7-11(2)14(8-16)19-13/h3-6,11,13-14H,7,9H2,1-2H3/t11?,13-,14-/m0/s1. The van der Waals surface area contributed by atoms with E-state index < -0.39 is 0 Å². The lowest BCUT2D eigenvalue weighted by Gasteiger charge is -2.10. The second-order valence-electron chi connectivity index (χ2n) is 4.99. The summed E-state index contributed by atoms with van der Waals surface area (Å²) < 4.78 is 10.7. The molecule has 1 heterocycles. The topological polar surface area (TPSA) is 59.3 Å². The van der Waals surface area contributed by atoms with Crippen LogP contribution < -0.4 is 0 Å². The molecule has 1 aliphatic rings. The van der Waals surface area contributed by atoms with Crippen LogP contribution in [-0.4, -0.2) is 24.8 Å². The van der Waals surface area contributed by atoms with Crippen LogP contribution in [0.3, 0.4) is 0 Å². The Kier molecular flexibility index (Phi) is 4.18. The molecule has 0 saturated carbocycles. The van der Waals surface area contributed by atoms with E-state index in [1.54, 1.807) is 12.1 Å². The van der Waals surface area contributed by atoms with E-state index in [9.17, 15) is 4.79 Å². The lowest BCUT2D eigenvalue weighted by molar-refractivity contribution is 0.00359. The van der Waals surface area contributed by atoms with Crippen molar-refractivity contribution < 1.29 is 14.3 Å². The molecule has 0 spiro atoms. The van der Waals surface area contributed by atoms with Gasteiger partial charge in [-0.15, -0.1) is 0 Å². The monoisotopic (exact) mass is 259 g/mol. The van der Waals surface area contributed by atoms with E-state index in [-0.39, 0.29) is 30.7 Å². The normalized spacial score (nSPS) is 25.8. The van der Waals surface area contributed by atoms with Crippen molar-refractivity contribution in [3.63, 3.8) is 0 Å². The van der Waals surface area contributed by atoms with Gasteiger partial charge in [-0.2, -0.15) is 5.26 Å². The van der Waals surface area contributed by atoms with Crippen molar-refractivity contribution in [2.75, 3.05) is 6.61 Å². The molecular formula is C15H17NO3. The van der Waals surface area contributed by atoms with Crippen molar-refractivity contribution in [2.24, 2.45) is 5.92 Å². The molecule has 0 aliphatic carbocycles. The Bertz CT molecular complexity index is 489. The van der Waals surface area contributed by atoms with E-state index in [2.05, 4.69) is 6.07 Å². The molecule has 2 rings (SSSR count). The second-order valence-corrected chi connectivity index (χ2v) is 4.99. The van der Waals surface area contributed by atoms with Crippen LogP contribution in [0.2, 0.25) is 0 Å². The Morgan fingerprint density at radius 3 is 2.74 bits per heavy atom. The Hall–Kier alpha value is -1.86. The summed E-state index contributed by atoms with van der Waals surface area (Å²) in [4.78, 5) is 11.8. The first-order valence-electron chi connectivity index (χ1n) is 6.39. The molecular weight excluding hydrogens is 242 g/mol. The molecule has 1 aromatic rings. The molecule has 1 unspecified atom stereocenters. The first-order valence-corrected chi connectivity index (χ1v) is 6.39. The zero-order valence-electron chi connectivity index (χ0n) is 11.1. The number of carbonyl (C=O) groups is 1. The number of carbonyl (C=O) groups excluding carboxylic acids is 1. The fourth-order valence-corrected chi connectivity index (χ4v) is 2.14. The minimum absolute atomic E-state index is 0.172. The summed E-state index contributed by atoms with van der Waals surface area (Å²) in [5, 5.41) is 8.85. The summed E-state index contributed by atoms with van der Waals surface area (Å²) in [5.74, 6) is -0.162. The van der Waals surface area contributed by atoms with Gasteiger partial charge in [0.05, 0.1) is 17.7 Å². The van der Waals surface area contributed by atoms with Gasteiger partial charge in [-0.05, 0) is 31.4 Å². The van der Waals surface area contributed by atoms with Crippen LogP contribution in [0, 0.1) is 24.2 Å². The fourth-order valence-electron chi connectivity index (χ4n) is 2.14. The summed E-state index contributed by atoms with van der Waals surface area (Å²) in [6, 6.07) is 9.34. The summed E-state index contributed by atoms with van der Waals surface area (Å²) in [6.07, 6.45) is 0.191. The van der Waals surface area contributed by atoms with Crippen molar-refractivity contribution in [1.29, 1.82) is 5.26 Å². The second kappa shape index (κ2) is 5.85. The third kappa shape index (κ3) is 3.33. The van der Waals surface area contributed by atoms with E-state index in [0.717, 1.165) is 12.0 Å². The van der Waals surface area contributed by atoms with Gasteiger partial charge in [0.1, 0.15) is 12.7 Å². The third-order valence-corrected chi connectivity index (χ3v) is 3.31. The summed E-state index contributed by atoms with van der Waals surface area (Å²) in [6.45, 7) is 4.13. The van der Waals surface area contributed by atoms with Crippen molar-refractivity contribution in [1.82, 2.24) is 0 Å². The van der Waals surface area contributed by atoms with Gasteiger partial charge in [0.2, 0.25) is 0 Å². The van der Waals surface area contributed by atoms with Gasteiger partial charge in [0.25, 0.3) is 0 Å². The molecule has 1 aliphatic heterocycles. The Labute approximate surface area is 112 Å². The minimum atomic E-state index is -0.386. The Morgan fingerprint density at radius 1 is 1.47 bits per heavy atom. The van der Waals surface area contributed by atoms with E-state index in [1.807, 2.05) is 26.0 Å². The molecule has 0 bridgehead atoms. The highest BCUT2D eigenvalue weighted by molar-refractivity contribution is 5.89. The number of benzene rings is 1. The van der Waals surface area contributed by atoms with Gasteiger partial charge in [-0.25, -0.2) is 4.79 Å². The smallest absolute Gasteiger partial charge is 0.338 e. The van der Waals surface area contributed by atoms with E-state index in [1.165, 1.54) is 0 Å². The van der Waals surface area contributed by atoms with Crippen molar-refractivity contribution in [3.05, 3.63) is 35.4 Å². The molecule has 1 aromatic carbocycles. The summed E-state index contributed by atoms with van der Waals surface area (Å²) in [7, 11) is 0. The molecule has 0 N–H and O–H groups in total. The first-order chi connectivity index (χ1) is 9.10. The van der Waals surface area contributed by atoms with Crippen LogP contribution in [0.1, 0.15) is 29.3 Å². The molecule has 1 saturated heterocycles. The summed E-state index contributed by atoms with van der Waals surface area (Å²) >= 11 is 0. The van der Waals surface area contributed by atoms with E-state index in [0.29, 0.717) is 5.56 Å². The van der Waals surface area contributed by atoms with Gasteiger partial charge < -0.3 is 9.47 Å². The third-order valence-electron chi connectivity index (χ3n) is 3.31. The van der Waals surface area contributed by atoms with E-state index in [4.69, 9.17) is 14.7 Å².